The molecule has 1 aromatic carbocycles. The van der Waals surface area contributed by atoms with Crippen LogP contribution in [-0.2, 0) is 9.84 Å². The molecule has 0 heterocycles. The van der Waals surface area contributed by atoms with Crippen LogP contribution in [0.5, 0.6) is 0 Å². The van der Waals surface area contributed by atoms with Gasteiger partial charge >= 0.3 is 0 Å². The third-order valence-corrected chi connectivity index (χ3v) is 4.41. The van der Waals surface area contributed by atoms with E-state index < -0.39 is 21.8 Å². The second kappa shape index (κ2) is 7.06. The number of carbonyl (C=O) groups excluding carboxylic acids is 1. The van der Waals surface area contributed by atoms with Crippen molar-refractivity contribution in [3.8, 4) is 0 Å². The van der Waals surface area contributed by atoms with Crippen molar-refractivity contribution in [3.05, 3.63) is 28.8 Å². The molecule has 0 spiro atoms. The summed E-state index contributed by atoms with van der Waals surface area (Å²) in [5.74, 6) is -0.394. The van der Waals surface area contributed by atoms with E-state index in [4.69, 9.17) is 11.6 Å². The van der Waals surface area contributed by atoms with Crippen molar-refractivity contribution in [3.63, 3.8) is 0 Å². The topological polar surface area (TPSA) is 83.5 Å². The first-order chi connectivity index (χ1) is 9.25. The predicted molar refractivity (Wildman–Crippen MR) is 77.8 cm³/mol. The van der Waals surface area contributed by atoms with Crippen molar-refractivity contribution in [1.82, 2.24) is 5.32 Å². The maximum atomic E-state index is 11.9. The average molecular weight is 320 g/mol. The Morgan fingerprint density at radius 3 is 2.65 bits per heavy atom. The van der Waals surface area contributed by atoms with Gasteiger partial charge in [0.05, 0.1) is 16.0 Å². The summed E-state index contributed by atoms with van der Waals surface area (Å²) >= 11 is 5.81. The number of hydrogen-bond donors (Lipinski definition) is 2. The Hall–Kier alpha value is -1.11. The first kappa shape index (κ1) is 16.9. The lowest BCUT2D eigenvalue weighted by Gasteiger charge is -2.10. The van der Waals surface area contributed by atoms with Crippen molar-refractivity contribution in [1.29, 1.82) is 0 Å². The molecule has 0 saturated heterocycles. The van der Waals surface area contributed by atoms with Crippen LogP contribution in [0.1, 0.15) is 30.1 Å². The van der Waals surface area contributed by atoms with Gasteiger partial charge in [-0.25, -0.2) is 8.42 Å². The predicted octanol–water partition coefficient (Wildman–Crippen LogP) is 1.63. The summed E-state index contributed by atoms with van der Waals surface area (Å²) in [6.07, 6.45) is 1.66. The molecule has 0 saturated carbocycles. The minimum absolute atomic E-state index is 0.0691. The number of aliphatic hydroxyl groups is 1. The highest BCUT2D eigenvalue weighted by Crippen LogP contribution is 2.22. The van der Waals surface area contributed by atoms with Crippen molar-refractivity contribution in [2.45, 2.75) is 30.8 Å². The van der Waals surface area contributed by atoms with E-state index >= 15 is 0 Å². The lowest BCUT2D eigenvalue weighted by molar-refractivity contribution is 0.0942. The molecule has 1 amide bonds. The molecule has 5 nitrogen and oxygen atoms in total. The maximum Gasteiger partial charge on any atom is 0.251 e. The van der Waals surface area contributed by atoms with Gasteiger partial charge in [-0.2, -0.15) is 0 Å². The SMILES string of the molecule is CCC(O)CCNC(=O)c1ccc(Cl)c(S(C)(=O)=O)c1. The number of sulfone groups is 1. The second-order valence-electron chi connectivity index (χ2n) is 4.52. The molecule has 1 unspecified atom stereocenters. The molecular weight excluding hydrogens is 302 g/mol. The Morgan fingerprint density at radius 1 is 1.45 bits per heavy atom. The number of benzene rings is 1. The molecular formula is C13H18ClNO4S. The molecule has 0 aliphatic heterocycles. The van der Waals surface area contributed by atoms with Gasteiger partial charge < -0.3 is 10.4 Å². The van der Waals surface area contributed by atoms with Gasteiger partial charge in [-0.1, -0.05) is 18.5 Å². The number of hydrogen-bond acceptors (Lipinski definition) is 4. The van der Waals surface area contributed by atoms with Crippen LogP contribution in [0.2, 0.25) is 5.02 Å². The minimum Gasteiger partial charge on any atom is -0.393 e. The summed E-state index contributed by atoms with van der Waals surface area (Å²) in [5, 5.41) is 12.1. The fourth-order valence-electron chi connectivity index (χ4n) is 1.59. The smallest absolute Gasteiger partial charge is 0.251 e. The number of halogens is 1. The number of rotatable bonds is 6. The first-order valence-corrected chi connectivity index (χ1v) is 8.48. The molecule has 0 aliphatic rings. The largest absolute Gasteiger partial charge is 0.393 e. The quantitative estimate of drug-likeness (QED) is 0.835. The zero-order chi connectivity index (χ0) is 15.3. The van der Waals surface area contributed by atoms with Crippen molar-refractivity contribution in [2.24, 2.45) is 0 Å². The van der Waals surface area contributed by atoms with Gasteiger partial charge in [0, 0.05) is 18.4 Å². The molecule has 1 atom stereocenters. The Labute approximate surface area is 123 Å². The van der Waals surface area contributed by atoms with Crippen LogP contribution >= 0.6 is 11.6 Å². The molecule has 0 aliphatic carbocycles. The molecule has 112 valence electrons. The van der Waals surface area contributed by atoms with E-state index in [-0.39, 0.29) is 15.5 Å². The van der Waals surface area contributed by atoms with Gasteiger partial charge in [-0.15, -0.1) is 0 Å². The van der Waals surface area contributed by atoms with Gasteiger partial charge in [0.2, 0.25) is 0 Å². The number of carbonyl (C=O) groups is 1. The number of aliphatic hydroxyl groups excluding tert-OH is 1. The first-order valence-electron chi connectivity index (χ1n) is 6.21. The number of nitrogens with one attached hydrogen (secondary N) is 1. The van der Waals surface area contributed by atoms with Crippen LogP contribution in [0.25, 0.3) is 0 Å². The Bertz CT molecular complexity index is 586. The van der Waals surface area contributed by atoms with Crippen LogP contribution < -0.4 is 5.32 Å². The third-order valence-electron chi connectivity index (χ3n) is 2.83. The molecule has 0 bridgehead atoms. The molecule has 1 rings (SSSR count). The maximum absolute atomic E-state index is 11.9. The van der Waals surface area contributed by atoms with Crippen LogP contribution in [0.3, 0.4) is 0 Å². The monoisotopic (exact) mass is 319 g/mol. The standard InChI is InChI=1S/C13H18ClNO4S/c1-3-10(16)6-7-15-13(17)9-4-5-11(14)12(8-9)20(2,18)19/h4-5,8,10,16H,3,6-7H2,1-2H3,(H,15,17). The fourth-order valence-corrected chi connectivity index (χ4v) is 2.89. The van der Waals surface area contributed by atoms with Crippen LogP contribution in [0, 0.1) is 0 Å². The van der Waals surface area contributed by atoms with E-state index in [1.54, 1.807) is 0 Å². The van der Waals surface area contributed by atoms with Crippen molar-refractivity contribution < 1.29 is 18.3 Å². The summed E-state index contributed by atoms with van der Waals surface area (Å²) in [6.45, 7) is 2.18. The third kappa shape index (κ3) is 4.77. The summed E-state index contributed by atoms with van der Waals surface area (Å²) in [6, 6.07) is 4.10. The van der Waals surface area contributed by atoms with E-state index in [0.29, 0.717) is 19.4 Å². The average Bonchev–Trinajstić information content (AvgIpc) is 2.37. The molecule has 20 heavy (non-hydrogen) atoms. The molecule has 0 fully saturated rings. The van der Waals surface area contributed by atoms with Crippen molar-refractivity contribution in [2.75, 3.05) is 12.8 Å². The molecule has 2 N–H and O–H groups in total. The highest BCUT2D eigenvalue weighted by Gasteiger charge is 2.15. The summed E-state index contributed by atoms with van der Waals surface area (Å²) in [7, 11) is -3.48. The Morgan fingerprint density at radius 2 is 2.10 bits per heavy atom. The zero-order valence-electron chi connectivity index (χ0n) is 11.4. The van der Waals surface area contributed by atoms with E-state index in [1.165, 1.54) is 18.2 Å². The molecule has 7 heteroatoms. The van der Waals surface area contributed by atoms with Crippen molar-refractivity contribution >= 4 is 27.3 Å². The van der Waals surface area contributed by atoms with Gasteiger partial charge in [0.1, 0.15) is 0 Å². The summed E-state index contributed by atoms with van der Waals surface area (Å²) < 4.78 is 23.0. The lowest BCUT2D eigenvalue weighted by atomic mass is 10.2. The van der Waals surface area contributed by atoms with E-state index in [0.717, 1.165) is 6.26 Å². The molecule has 1 aromatic rings. The fraction of sp³-hybridized carbons (Fsp3) is 0.462. The van der Waals surface area contributed by atoms with E-state index in [1.807, 2.05) is 6.92 Å². The highest BCUT2D eigenvalue weighted by molar-refractivity contribution is 7.90. The minimum atomic E-state index is -3.48. The van der Waals surface area contributed by atoms with E-state index in [2.05, 4.69) is 5.32 Å². The Kier molecular flexibility index (Phi) is 5.98. The van der Waals surface area contributed by atoms with Gasteiger partial charge in [0.25, 0.3) is 5.91 Å². The highest BCUT2D eigenvalue weighted by atomic mass is 35.5. The van der Waals surface area contributed by atoms with E-state index in [9.17, 15) is 18.3 Å². The lowest BCUT2D eigenvalue weighted by Crippen LogP contribution is -2.27. The van der Waals surface area contributed by atoms with Crippen LogP contribution in [-0.4, -0.2) is 38.3 Å². The van der Waals surface area contributed by atoms with Crippen LogP contribution in [0.4, 0.5) is 0 Å². The van der Waals surface area contributed by atoms with Gasteiger partial charge in [-0.3, -0.25) is 4.79 Å². The number of amides is 1. The summed E-state index contributed by atoms with van der Waals surface area (Å²) in [4.78, 5) is 11.8. The second-order valence-corrected chi connectivity index (χ2v) is 6.92. The molecule has 0 aromatic heterocycles. The normalized spacial score (nSPS) is 13.0. The molecule has 0 radical (unpaired) electrons. The Balaban J connectivity index is 2.80. The summed E-state index contributed by atoms with van der Waals surface area (Å²) in [5.41, 5.74) is 0.223. The zero-order valence-corrected chi connectivity index (χ0v) is 13.0. The van der Waals surface area contributed by atoms with Crippen LogP contribution in [0.15, 0.2) is 23.1 Å². The van der Waals surface area contributed by atoms with Gasteiger partial charge in [-0.05, 0) is 31.0 Å². The van der Waals surface area contributed by atoms with Gasteiger partial charge in [0.15, 0.2) is 9.84 Å².